The summed E-state index contributed by atoms with van der Waals surface area (Å²) < 4.78 is 11.8. The molecular formula is C19H18BrNO4. The normalized spacial score (nSPS) is 12.6. The molecule has 5 nitrogen and oxygen atoms in total. The Hall–Kier alpha value is -2.34. The van der Waals surface area contributed by atoms with Crippen molar-refractivity contribution in [2.75, 3.05) is 18.5 Å². The van der Waals surface area contributed by atoms with Crippen molar-refractivity contribution < 1.29 is 19.1 Å². The van der Waals surface area contributed by atoms with E-state index in [1.54, 1.807) is 18.2 Å². The van der Waals surface area contributed by atoms with Crippen LogP contribution < -0.4 is 14.8 Å². The van der Waals surface area contributed by atoms with Gasteiger partial charge >= 0.3 is 0 Å². The number of aryl methyl sites for hydroxylation is 1. The summed E-state index contributed by atoms with van der Waals surface area (Å²) in [6.07, 6.45) is 0.262. The van der Waals surface area contributed by atoms with Gasteiger partial charge in [0, 0.05) is 28.6 Å². The molecule has 1 N–H and O–H groups in total. The number of hydrogen-bond donors (Lipinski definition) is 1. The Labute approximate surface area is 154 Å². The zero-order valence-corrected chi connectivity index (χ0v) is 15.4. The van der Waals surface area contributed by atoms with Crippen molar-refractivity contribution in [3.8, 4) is 11.5 Å². The van der Waals surface area contributed by atoms with Gasteiger partial charge in [0.25, 0.3) is 0 Å². The highest BCUT2D eigenvalue weighted by Crippen LogP contribution is 2.31. The Kier molecular flexibility index (Phi) is 5.38. The first-order valence-corrected chi connectivity index (χ1v) is 8.81. The average Bonchev–Trinajstić information content (AvgIpc) is 2.62. The maximum atomic E-state index is 12.3. The van der Waals surface area contributed by atoms with E-state index in [0.29, 0.717) is 30.3 Å². The molecule has 0 unspecified atom stereocenters. The number of carbonyl (C=O) groups is 2. The molecule has 25 heavy (non-hydrogen) atoms. The SMILES string of the molecule is Cc1ccc(Br)cc1NC(=O)CCC(=O)c1ccc2c(c1)OCCO2. The van der Waals surface area contributed by atoms with Gasteiger partial charge in [-0.15, -0.1) is 0 Å². The molecule has 1 aliphatic heterocycles. The first-order chi connectivity index (χ1) is 12.0. The molecular weight excluding hydrogens is 386 g/mol. The van der Waals surface area contributed by atoms with Gasteiger partial charge in [0.1, 0.15) is 13.2 Å². The van der Waals surface area contributed by atoms with E-state index in [1.165, 1.54) is 0 Å². The minimum atomic E-state index is -0.188. The largest absolute Gasteiger partial charge is 0.486 e. The number of carbonyl (C=O) groups excluding carboxylic acids is 2. The Morgan fingerprint density at radius 1 is 1.04 bits per heavy atom. The number of rotatable bonds is 5. The van der Waals surface area contributed by atoms with Crippen LogP contribution in [0.1, 0.15) is 28.8 Å². The van der Waals surface area contributed by atoms with Crippen molar-refractivity contribution >= 4 is 33.3 Å². The zero-order chi connectivity index (χ0) is 17.8. The molecule has 0 aromatic heterocycles. The van der Waals surface area contributed by atoms with E-state index in [1.807, 2.05) is 25.1 Å². The standard InChI is InChI=1S/C19H18BrNO4/c1-12-2-4-14(20)11-15(12)21-19(23)7-5-16(22)13-3-6-17-18(10-13)25-9-8-24-17/h2-4,6,10-11H,5,7-9H2,1H3,(H,21,23). The van der Waals surface area contributed by atoms with Crippen LogP contribution in [0.3, 0.4) is 0 Å². The van der Waals surface area contributed by atoms with Gasteiger partial charge in [0.2, 0.25) is 5.91 Å². The maximum absolute atomic E-state index is 12.3. The fourth-order valence-corrected chi connectivity index (χ4v) is 2.89. The molecule has 130 valence electrons. The minimum absolute atomic E-state index is 0.0990. The van der Waals surface area contributed by atoms with Crippen molar-refractivity contribution in [1.29, 1.82) is 0 Å². The second kappa shape index (κ2) is 7.70. The van der Waals surface area contributed by atoms with Crippen molar-refractivity contribution in [3.05, 3.63) is 52.0 Å². The monoisotopic (exact) mass is 403 g/mol. The molecule has 2 aromatic rings. The highest BCUT2D eigenvalue weighted by Gasteiger charge is 2.16. The Morgan fingerprint density at radius 2 is 1.80 bits per heavy atom. The van der Waals surface area contributed by atoms with Crippen LogP contribution in [0.5, 0.6) is 11.5 Å². The molecule has 0 aliphatic carbocycles. The van der Waals surface area contributed by atoms with Crippen LogP contribution in [0, 0.1) is 6.92 Å². The number of anilines is 1. The van der Waals surface area contributed by atoms with Gasteiger partial charge in [-0.1, -0.05) is 22.0 Å². The third kappa shape index (κ3) is 4.39. The lowest BCUT2D eigenvalue weighted by Gasteiger charge is -2.18. The molecule has 0 radical (unpaired) electrons. The lowest BCUT2D eigenvalue weighted by Crippen LogP contribution is -2.16. The fraction of sp³-hybridized carbons (Fsp3) is 0.263. The summed E-state index contributed by atoms with van der Waals surface area (Å²) in [5, 5.41) is 2.84. The predicted octanol–water partition coefficient (Wildman–Crippen LogP) is 4.13. The van der Waals surface area contributed by atoms with E-state index >= 15 is 0 Å². The van der Waals surface area contributed by atoms with Crippen molar-refractivity contribution in [2.45, 2.75) is 19.8 Å². The Bertz CT molecular complexity index is 819. The molecule has 6 heteroatoms. The molecule has 0 saturated carbocycles. The molecule has 1 heterocycles. The quantitative estimate of drug-likeness (QED) is 0.762. The molecule has 0 spiro atoms. The lowest BCUT2D eigenvalue weighted by molar-refractivity contribution is -0.116. The smallest absolute Gasteiger partial charge is 0.224 e. The van der Waals surface area contributed by atoms with Gasteiger partial charge < -0.3 is 14.8 Å². The summed E-state index contributed by atoms with van der Waals surface area (Å²) >= 11 is 3.38. The van der Waals surface area contributed by atoms with Gasteiger partial charge in [-0.2, -0.15) is 0 Å². The number of ether oxygens (including phenoxy) is 2. The number of benzene rings is 2. The van der Waals surface area contributed by atoms with E-state index < -0.39 is 0 Å². The highest BCUT2D eigenvalue weighted by atomic mass is 79.9. The number of hydrogen-bond acceptors (Lipinski definition) is 4. The van der Waals surface area contributed by atoms with E-state index in [9.17, 15) is 9.59 Å². The Morgan fingerprint density at radius 3 is 2.60 bits per heavy atom. The number of halogens is 1. The number of amides is 1. The van der Waals surface area contributed by atoms with Crippen LogP contribution in [0.15, 0.2) is 40.9 Å². The second-order valence-electron chi connectivity index (χ2n) is 5.79. The summed E-state index contributed by atoms with van der Waals surface area (Å²) in [4.78, 5) is 24.4. The van der Waals surface area contributed by atoms with E-state index in [0.717, 1.165) is 15.7 Å². The minimum Gasteiger partial charge on any atom is -0.486 e. The third-order valence-electron chi connectivity index (χ3n) is 3.92. The van der Waals surface area contributed by atoms with Crippen LogP contribution >= 0.6 is 15.9 Å². The Balaban J connectivity index is 1.58. The fourth-order valence-electron chi connectivity index (χ4n) is 2.53. The van der Waals surface area contributed by atoms with Crippen molar-refractivity contribution in [3.63, 3.8) is 0 Å². The number of ketones is 1. The number of nitrogens with one attached hydrogen (secondary N) is 1. The molecule has 1 aliphatic rings. The molecule has 0 atom stereocenters. The van der Waals surface area contributed by atoms with Crippen LogP contribution in [0.4, 0.5) is 5.69 Å². The van der Waals surface area contributed by atoms with Crippen molar-refractivity contribution in [1.82, 2.24) is 0 Å². The van der Waals surface area contributed by atoms with Gasteiger partial charge in [-0.3, -0.25) is 9.59 Å². The van der Waals surface area contributed by atoms with Crippen molar-refractivity contribution in [2.24, 2.45) is 0 Å². The maximum Gasteiger partial charge on any atom is 0.224 e. The van der Waals surface area contributed by atoms with Crippen LogP contribution in [0.2, 0.25) is 0 Å². The summed E-state index contributed by atoms with van der Waals surface area (Å²) in [7, 11) is 0. The van der Waals surface area contributed by atoms with E-state index in [-0.39, 0.29) is 24.5 Å². The van der Waals surface area contributed by atoms with Gasteiger partial charge in [-0.25, -0.2) is 0 Å². The second-order valence-corrected chi connectivity index (χ2v) is 6.70. The summed E-state index contributed by atoms with van der Waals surface area (Å²) in [6, 6.07) is 10.8. The number of fused-ring (bicyclic) bond motifs is 1. The van der Waals surface area contributed by atoms with Gasteiger partial charge in [-0.05, 0) is 42.8 Å². The molecule has 0 fully saturated rings. The number of Topliss-reactive ketones (excluding diaryl/α,β-unsaturated/α-hetero) is 1. The third-order valence-corrected chi connectivity index (χ3v) is 4.41. The molecule has 0 saturated heterocycles. The first kappa shape index (κ1) is 17.5. The van der Waals surface area contributed by atoms with Crippen LogP contribution in [-0.4, -0.2) is 24.9 Å². The summed E-state index contributed by atoms with van der Waals surface area (Å²) in [6.45, 7) is 2.90. The zero-order valence-electron chi connectivity index (χ0n) is 13.8. The molecule has 3 rings (SSSR count). The van der Waals surface area contributed by atoms with Crippen LogP contribution in [-0.2, 0) is 4.79 Å². The predicted molar refractivity (Wildman–Crippen MR) is 98.5 cm³/mol. The highest BCUT2D eigenvalue weighted by molar-refractivity contribution is 9.10. The summed E-state index contributed by atoms with van der Waals surface area (Å²) in [5.41, 5.74) is 2.23. The molecule has 0 bridgehead atoms. The lowest BCUT2D eigenvalue weighted by atomic mass is 10.1. The van der Waals surface area contributed by atoms with E-state index in [4.69, 9.17) is 9.47 Å². The van der Waals surface area contributed by atoms with Gasteiger partial charge in [0.15, 0.2) is 17.3 Å². The van der Waals surface area contributed by atoms with E-state index in [2.05, 4.69) is 21.2 Å². The molecule has 2 aromatic carbocycles. The van der Waals surface area contributed by atoms with Crippen LogP contribution in [0.25, 0.3) is 0 Å². The summed E-state index contributed by atoms with van der Waals surface area (Å²) in [5.74, 6) is 0.933. The average molecular weight is 404 g/mol. The topological polar surface area (TPSA) is 64.6 Å². The first-order valence-electron chi connectivity index (χ1n) is 8.02. The van der Waals surface area contributed by atoms with Gasteiger partial charge in [0.05, 0.1) is 0 Å². The molecule has 1 amide bonds.